The van der Waals surface area contributed by atoms with Crippen molar-refractivity contribution in [3.63, 3.8) is 0 Å². The molecule has 2 heterocycles. The normalized spacial score (nSPS) is 10.5. The number of carbonyl (C=O) groups excluding carboxylic acids is 2. The quantitative estimate of drug-likeness (QED) is 0.608. The van der Waals surface area contributed by atoms with E-state index in [-0.39, 0.29) is 19.0 Å². The van der Waals surface area contributed by atoms with Gasteiger partial charge in [-0.3, -0.25) is 9.78 Å². The maximum Gasteiger partial charge on any atom is 0.355 e. The number of carbonyl (C=O) groups is 2. The molecule has 0 bridgehead atoms. The highest BCUT2D eigenvalue weighted by atomic mass is 19.1. The third-order valence-electron chi connectivity index (χ3n) is 4.22. The van der Waals surface area contributed by atoms with Crippen LogP contribution in [0.4, 0.5) is 4.39 Å². The topological polar surface area (TPSA) is 70.4 Å². The van der Waals surface area contributed by atoms with Gasteiger partial charge in [0.05, 0.1) is 13.7 Å². The summed E-state index contributed by atoms with van der Waals surface area (Å²) in [4.78, 5) is 27.7. The number of hydrogen-bond donors (Lipinski definition) is 0. The van der Waals surface area contributed by atoms with Crippen LogP contribution in [0.3, 0.4) is 0 Å². The summed E-state index contributed by atoms with van der Waals surface area (Å²) in [5.74, 6) is -1.31. The van der Waals surface area contributed by atoms with Gasteiger partial charge in [-0.05, 0) is 35.4 Å². The average molecular weight is 382 g/mol. The molecule has 7 heteroatoms. The summed E-state index contributed by atoms with van der Waals surface area (Å²) in [7, 11) is 1.30. The SMILES string of the molecule is COC(=O)c1c(-c2ccc(F)cc2)c(-c2ccncc2)cn1CCOC(C)=O. The summed E-state index contributed by atoms with van der Waals surface area (Å²) in [5, 5.41) is 0. The lowest BCUT2D eigenvalue weighted by molar-refractivity contribution is -0.141. The van der Waals surface area contributed by atoms with E-state index in [2.05, 4.69) is 4.98 Å². The van der Waals surface area contributed by atoms with Gasteiger partial charge in [-0.25, -0.2) is 9.18 Å². The molecule has 1 aromatic carbocycles. The summed E-state index contributed by atoms with van der Waals surface area (Å²) in [6.45, 7) is 1.69. The molecule has 0 N–H and O–H groups in total. The van der Waals surface area contributed by atoms with Gasteiger partial charge in [-0.15, -0.1) is 0 Å². The molecule has 0 amide bonds. The van der Waals surface area contributed by atoms with Crippen molar-refractivity contribution >= 4 is 11.9 Å². The van der Waals surface area contributed by atoms with Crippen LogP contribution >= 0.6 is 0 Å². The third-order valence-corrected chi connectivity index (χ3v) is 4.22. The fourth-order valence-electron chi connectivity index (χ4n) is 3.00. The van der Waals surface area contributed by atoms with Crippen LogP contribution in [0.2, 0.25) is 0 Å². The molecule has 0 aliphatic carbocycles. The van der Waals surface area contributed by atoms with Gasteiger partial charge in [0, 0.05) is 36.6 Å². The maximum atomic E-state index is 13.4. The number of ether oxygens (including phenoxy) is 2. The number of rotatable bonds is 6. The summed E-state index contributed by atoms with van der Waals surface area (Å²) in [6, 6.07) is 9.53. The molecule has 3 rings (SSSR count). The minimum Gasteiger partial charge on any atom is -0.464 e. The average Bonchev–Trinajstić information content (AvgIpc) is 3.08. The van der Waals surface area contributed by atoms with Crippen LogP contribution in [0.5, 0.6) is 0 Å². The van der Waals surface area contributed by atoms with Crippen molar-refractivity contribution in [3.05, 3.63) is 66.5 Å². The number of esters is 2. The van der Waals surface area contributed by atoms with Gasteiger partial charge in [0.2, 0.25) is 0 Å². The van der Waals surface area contributed by atoms with E-state index in [1.54, 1.807) is 35.3 Å². The van der Waals surface area contributed by atoms with Gasteiger partial charge in [0.25, 0.3) is 0 Å². The number of benzene rings is 1. The fourth-order valence-corrected chi connectivity index (χ4v) is 3.00. The summed E-state index contributed by atoms with van der Waals surface area (Å²) >= 11 is 0. The van der Waals surface area contributed by atoms with Gasteiger partial charge in [-0.2, -0.15) is 0 Å². The second-order valence-electron chi connectivity index (χ2n) is 6.03. The molecular weight excluding hydrogens is 363 g/mol. The standard InChI is InChI=1S/C21H19FN2O4/c1-14(25)28-12-11-24-13-18(15-7-9-23-10-8-15)19(20(24)21(26)27-2)16-3-5-17(22)6-4-16/h3-10,13H,11-12H2,1-2H3. The van der Waals surface area contributed by atoms with Gasteiger partial charge < -0.3 is 14.0 Å². The molecule has 0 saturated carbocycles. The Hall–Kier alpha value is -3.48. The van der Waals surface area contributed by atoms with Gasteiger partial charge in [0.15, 0.2) is 0 Å². The summed E-state index contributed by atoms with van der Waals surface area (Å²) in [5.41, 5.74) is 3.18. The number of pyridine rings is 1. The summed E-state index contributed by atoms with van der Waals surface area (Å²) < 4.78 is 25.1. The highest BCUT2D eigenvalue weighted by Gasteiger charge is 2.24. The number of aromatic nitrogens is 2. The van der Waals surface area contributed by atoms with Crippen molar-refractivity contribution in [1.29, 1.82) is 0 Å². The Morgan fingerprint density at radius 1 is 1.07 bits per heavy atom. The van der Waals surface area contributed by atoms with E-state index in [0.29, 0.717) is 16.8 Å². The van der Waals surface area contributed by atoms with Crippen LogP contribution in [-0.2, 0) is 20.8 Å². The first-order valence-corrected chi connectivity index (χ1v) is 8.62. The molecule has 0 atom stereocenters. The van der Waals surface area contributed by atoms with Crippen molar-refractivity contribution in [2.45, 2.75) is 13.5 Å². The zero-order valence-corrected chi connectivity index (χ0v) is 15.5. The third kappa shape index (κ3) is 4.09. The van der Waals surface area contributed by atoms with E-state index in [9.17, 15) is 14.0 Å². The molecule has 0 spiro atoms. The predicted molar refractivity (Wildman–Crippen MR) is 101 cm³/mol. The number of hydrogen-bond acceptors (Lipinski definition) is 5. The van der Waals surface area contributed by atoms with Gasteiger partial charge in [0.1, 0.15) is 18.1 Å². The molecule has 0 saturated heterocycles. The second-order valence-corrected chi connectivity index (χ2v) is 6.03. The highest BCUT2D eigenvalue weighted by Crippen LogP contribution is 2.37. The molecule has 6 nitrogen and oxygen atoms in total. The zero-order valence-electron chi connectivity index (χ0n) is 15.5. The first-order chi connectivity index (χ1) is 13.5. The van der Waals surface area contributed by atoms with E-state index in [4.69, 9.17) is 9.47 Å². The predicted octanol–water partition coefficient (Wildman–Crippen LogP) is 3.71. The summed E-state index contributed by atoms with van der Waals surface area (Å²) in [6.07, 6.45) is 5.10. The Bertz CT molecular complexity index is 982. The van der Waals surface area contributed by atoms with Crippen molar-refractivity contribution in [2.24, 2.45) is 0 Å². The van der Waals surface area contributed by atoms with Gasteiger partial charge >= 0.3 is 11.9 Å². The molecule has 0 radical (unpaired) electrons. The molecule has 3 aromatic rings. The second kappa shape index (κ2) is 8.47. The van der Waals surface area contributed by atoms with Crippen molar-refractivity contribution in [3.8, 4) is 22.3 Å². The van der Waals surface area contributed by atoms with Crippen LogP contribution in [0, 0.1) is 5.82 Å². The van der Waals surface area contributed by atoms with E-state index >= 15 is 0 Å². The molecule has 0 unspecified atom stereocenters. The van der Waals surface area contributed by atoms with E-state index in [1.165, 1.54) is 26.2 Å². The number of nitrogens with zero attached hydrogens (tertiary/aromatic N) is 2. The monoisotopic (exact) mass is 382 g/mol. The van der Waals surface area contributed by atoms with Crippen molar-refractivity contribution in [1.82, 2.24) is 9.55 Å². The lowest BCUT2D eigenvalue weighted by Crippen LogP contribution is -2.15. The number of methoxy groups -OCH3 is 1. The first kappa shape index (κ1) is 19.3. The van der Waals surface area contributed by atoms with Crippen molar-refractivity contribution < 1.29 is 23.5 Å². The molecule has 0 aliphatic rings. The molecule has 0 fully saturated rings. The largest absolute Gasteiger partial charge is 0.464 e. The molecule has 144 valence electrons. The number of halogens is 1. The lowest BCUT2D eigenvalue weighted by Gasteiger charge is -2.10. The Morgan fingerprint density at radius 2 is 1.75 bits per heavy atom. The Morgan fingerprint density at radius 3 is 2.36 bits per heavy atom. The molecule has 28 heavy (non-hydrogen) atoms. The van der Waals surface area contributed by atoms with Crippen LogP contribution in [0.25, 0.3) is 22.3 Å². The minimum atomic E-state index is -0.539. The molecule has 0 aliphatic heterocycles. The minimum absolute atomic E-state index is 0.104. The van der Waals surface area contributed by atoms with Crippen molar-refractivity contribution in [2.75, 3.05) is 13.7 Å². The Labute approximate surface area is 161 Å². The highest BCUT2D eigenvalue weighted by molar-refractivity contribution is 6.01. The first-order valence-electron chi connectivity index (χ1n) is 8.62. The lowest BCUT2D eigenvalue weighted by atomic mass is 9.97. The molecule has 2 aromatic heterocycles. The van der Waals surface area contributed by atoms with Crippen LogP contribution < -0.4 is 0 Å². The smallest absolute Gasteiger partial charge is 0.355 e. The van der Waals surface area contributed by atoms with Gasteiger partial charge in [-0.1, -0.05) is 12.1 Å². The maximum absolute atomic E-state index is 13.4. The van der Waals surface area contributed by atoms with E-state index in [0.717, 1.165) is 11.1 Å². The van der Waals surface area contributed by atoms with Crippen LogP contribution in [-0.4, -0.2) is 35.2 Å². The van der Waals surface area contributed by atoms with Crippen LogP contribution in [0.1, 0.15) is 17.4 Å². The Kier molecular flexibility index (Phi) is 5.84. The fraction of sp³-hybridized carbons (Fsp3) is 0.190. The van der Waals surface area contributed by atoms with E-state index < -0.39 is 11.9 Å². The van der Waals surface area contributed by atoms with E-state index in [1.807, 2.05) is 12.1 Å². The molecular formula is C21H19FN2O4. The Balaban J connectivity index is 2.19. The van der Waals surface area contributed by atoms with Crippen LogP contribution in [0.15, 0.2) is 55.0 Å². The zero-order chi connectivity index (χ0) is 20.1.